The zero-order valence-electron chi connectivity index (χ0n) is 9.29. The topological polar surface area (TPSA) is 110 Å². The number of aromatic nitrogens is 4. The number of rotatable bonds is 4. The van der Waals surface area contributed by atoms with Crippen molar-refractivity contribution in [2.24, 2.45) is 0 Å². The Morgan fingerprint density at radius 3 is 2.94 bits per heavy atom. The minimum atomic E-state index is -0.447. The van der Waals surface area contributed by atoms with Gasteiger partial charge in [0, 0.05) is 10.5 Å². The molecule has 0 saturated carbocycles. The maximum Gasteiger partial charge on any atom is 0.292 e. The summed E-state index contributed by atoms with van der Waals surface area (Å²) in [6, 6.07) is 4.38. The Labute approximate surface area is 110 Å². The molecule has 1 atom stereocenters. The Morgan fingerprint density at radius 1 is 1.56 bits per heavy atom. The molecule has 1 aromatic heterocycles. The molecule has 1 aromatic carbocycles. The van der Waals surface area contributed by atoms with E-state index in [0.717, 1.165) is 4.47 Å². The number of H-pyrrole nitrogens is 1. The number of nitrogens with one attached hydrogen (secondary N) is 2. The summed E-state index contributed by atoms with van der Waals surface area (Å²) < 4.78 is 0.746. The van der Waals surface area contributed by atoms with Crippen LogP contribution in [0.4, 0.5) is 11.4 Å². The molecule has 0 amide bonds. The number of benzene rings is 1. The monoisotopic (exact) mass is 312 g/mol. The van der Waals surface area contributed by atoms with Crippen molar-refractivity contribution >= 4 is 27.3 Å². The van der Waals surface area contributed by atoms with Gasteiger partial charge in [-0.3, -0.25) is 10.1 Å². The average molecular weight is 313 g/mol. The van der Waals surface area contributed by atoms with Crippen LogP contribution in [-0.2, 0) is 0 Å². The molecule has 0 saturated heterocycles. The highest BCUT2D eigenvalue weighted by molar-refractivity contribution is 9.10. The third-order valence-electron chi connectivity index (χ3n) is 2.28. The van der Waals surface area contributed by atoms with Gasteiger partial charge in [-0.15, -0.1) is 10.2 Å². The van der Waals surface area contributed by atoms with E-state index in [1.807, 2.05) is 0 Å². The molecule has 0 aliphatic carbocycles. The number of nitro groups is 1. The van der Waals surface area contributed by atoms with Crippen LogP contribution < -0.4 is 5.32 Å². The Kier molecular flexibility index (Phi) is 3.51. The highest BCUT2D eigenvalue weighted by Crippen LogP contribution is 2.30. The maximum atomic E-state index is 10.9. The maximum absolute atomic E-state index is 10.9. The van der Waals surface area contributed by atoms with Crippen molar-refractivity contribution in [3.63, 3.8) is 0 Å². The normalized spacial score (nSPS) is 12.1. The van der Waals surface area contributed by atoms with Crippen LogP contribution in [-0.4, -0.2) is 25.5 Å². The Morgan fingerprint density at radius 2 is 2.33 bits per heavy atom. The van der Waals surface area contributed by atoms with Crippen molar-refractivity contribution in [2.75, 3.05) is 5.32 Å². The number of nitrogens with zero attached hydrogens (tertiary/aromatic N) is 4. The predicted octanol–water partition coefficient (Wildman–Crippen LogP) is 2.04. The van der Waals surface area contributed by atoms with E-state index in [-0.39, 0.29) is 11.7 Å². The summed E-state index contributed by atoms with van der Waals surface area (Å²) in [4.78, 5) is 10.5. The van der Waals surface area contributed by atoms with Crippen LogP contribution in [0.15, 0.2) is 22.7 Å². The van der Waals surface area contributed by atoms with Crippen molar-refractivity contribution in [1.82, 2.24) is 20.6 Å². The lowest BCUT2D eigenvalue weighted by Gasteiger charge is -2.11. The lowest BCUT2D eigenvalue weighted by atomic mass is 10.2. The van der Waals surface area contributed by atoms with Gasteiger partial charge < -0.3 is 5.32 Å². The summed E-state index contributed by atoms with van der Waals surface area (Å²) in [5, 5.41) is 27.3. The number of nitro benzene ring substituents is 1. The molecule has 2 aromatic rings. The van der Waals surface area contributed by atoms with Gasteiger partial charge in [0.25, 0.3) is 5.69 Å². The van der Waals surface area contributed by atoms with Gasteiger partial charge in [0.15, 0.2) is 5.82 Å². The third-order valence-corrected chi connectivity index (χ3v) is 2.77. The van der Waals surface area contributed by atoms with E-state index in [4.69, 9.17) is 0 Å². The first kappa shape index (κ1) is 12.4. The van der Waals surface area contributed by atoms with Gasteiger partial charge in [0.05, 0.1) is 11.0 Å². The zero-order valence-corrected chi connectivity index (χ0v) is 10.9. The molecule has 18 heavy (non-hydrogen) atoms. The minimum absolute atomic E-state index is 0.00598. The van der Waals surface area contributed by atoms with Gasteiger partial charge in [0.1, 0.15) is 5.69 Å². The van der Waals surface area contributed by atoms with Crippen LogP contribution in [0.1, 0.15) is 18.8 Å². The molecule has 2 N–H and O–H groups in total. The number of tetrazole rings is 1. The average Bonchev–Trinajstić information content (AvgIpc) is 2.81. The van der Waals surface area contributed by atoms with Crippen molar-refractivity contribution in [1.29, 1.82) is 0 Å². The number of halogens is 1. The number of hydrogen-bond acceptors (Lipinski definition) is 6. The molecule has 8 nitrogen and oxygen atoms in total. The Bertz CT molecular complexity index is 558. The van der Waals surface area contributed by atoms with Gasteiger partial charge in [-0.25, -0.2) is 0 Å². The highest BCUT2D eigenvalue weighted by atomic mass is 79.9. The second-order valence-electron chi connectivity index (χ2n) is 3.55. The largest absolute Gasteiger partial charge is 0.370 e. The van der Waals surface area contributed by atoms with Gasteiger partial charge >= 0.3 is 0 Å². The van der Waals surface area contributed by atoms with E-state index in [0.29, 0.717) is 11.5 Å². The lowest BCUT2D eigenvalue weighted by molar-refractivity contribution is -0.384. The van der Waals surface area contributed by atoms with Gasteiger partial charge in [-0.1, -0.05) is 21.1 Å². The van der Waals surface area contributed by atoms with E-state index in [2.05, 4.69) is 41.9 Å². The summed E-state index contributed by atoms with van der Waals surface area (Å²) >= 11 is 3.27. The Hall–Kier alpha value is -2.03. The molecule has 0 radical (unpaired) electrons. The molecule has 0 spiro atoms. The standard InChI is InChI=1S/C9H9BrN6O2/c1-5(9-12-14-15-13-9)11-7-4-6(10)2-3-8(7)16(17)18/h2-5,11H,1H3,(H,12,13,14,15). The quantitative estimate of drug-likeness (QED) is 0.660. The second-order valence-corrected chi connectivity index (χ2v) is 4.47. The summed E-state index contributed by atoms with van der Waals surface area (Å²) in [5.41, 5.74) is 0.389. The molecule has 0 fully saturated rings. The molecule has 0 bridgehead atoms. The summed E-state index contributed by atoms with van der Waals surface area (Å²) in [6.07, 6.45) is 0. The first-order chi connectivity index (χ1) is 8.58. The minimum Gasteiger partial charge on any atom is -0.370 e. The van der Waals surface area contributed by atoms with Gasteiger partial charge in [-0.05, 0) is 19.1 Å². The van der Waals surface area contributed by atoms with Crippen LogP contribution in [0, 0.1) is 10.1 Å². The molecule has 1 heterocycles. The second kappa shape index (κ2) is 5.08. The first-order valence-electron chi connectivity index (χ1n) is 5.01. The van der Waals surface area contributed by atoms with E-state index >= 15 is 0 Å². The molecular formula is C9H9BrN6O2. The number of aromatic amines is 1. The van der Waals surface area contributed by atoms with E-state index in [1.165, 1.54) is 6.07 Å². The van der Waals surface area contributed by atoms with Crippen molar-refractivity contribution in [3.8, 4) is 0 Å². The lowest BCUT2D eigenvalue weighted by Crippen LogP contribution is -2.10. The fourth-order valence-electron chi connectivity index (χ4n) is 1.43. The highest BCUT2D eigenvalue weighted by Gasteiger charge is 2.18. The van der Waals surface area contributed by atoms with E-state index < -0.39 is 4.92 Å². The molecule has 0 aliphatic rings. The predicted molar refractivity (Wildman–Crippen MR) is 67.0 cm³/mol. The summed E-state index contributed by atoms with van der Waals surface area (Å²) in [7, 11) is 0. The fraction of sp³-hybridized carbons (Fsp3) is 0.222. The van der Waals surface area contributed by atoms with Crippen LogP contribution in [0.5, 0.6) is 0 Å². The Balaban J connectivity index is 2.28. The van der Waals surface area contributed by atoms with Crippen molar-refractivity contribution in [2.45, 2.75) is 13.0 Å². The van der Waals surface area contributed by atoms with Gasteiger partial charge in [-0.2, -0.15) is 5.21 Å². The third kappa shape index (κ3) is 2.62. The van der Waals surface area contributed by atoms with E-state index in [1.54, 1.807) is 19.1 Å². The fourth-order valence-corrected chi connectivity index (χ4v) is 1.79. The van der Waals surface area contributed by atoms with Crippen LogP contribution in [0.3, 0.4) is 0 Å². The zero-order chi connectivity index (χ0) is 13.1. The number of anilines is 1. The summed E-state index contributed by atoms with van der Waals surface area (Å²) in [6.45, 7) is 1.79. The van der Waals surface area contributed by atoms with Crippen LogP contribution in [0.25, 0.3) is 0 Å². The molecule has 94 valence electrons. The smallest absolute Gasteiger partial charge is 0.292 e. The van der Waals surface area contributed by atoms with Crippen LogP contribution >= 0.6 is 15.9 Å². The number of hydrogen-bond donors (Lipinski definition) is 2. The molecule has 2 rings (SSSR count). The molecule has 9 heteroatoms. The van der Waals surface area contributed by atoms with Crippen molar-refractivity contribution < 1.29 is 4.92 Å². The van der Waals surface area contributed by atoms with Crippen LogP contribution in [0.2, 0.25) is 0 Å². The molecule has 1 unspecified atom stereocenters. The molecule has 0 aliphatic heterocycles. The summed E-state index contributed by atoms with van der Waals surface area (Å²) in [5.74, 6) is 0.435. The van der Waals surface area contributed by atoms with Gasteiger partial charge in [0.2, 0.25) is 0 Å². The van der Waals surface area contributed by atoms with E-state index in [9.17, 15) is 10.1 Å². The van der Waals surface area contributed by atoms with Crippen molar-refractivity contribution in [3.05, 3.63) is 38.6 Å². The first-order valence-corrected chi connectivity index (χ1v) is 5.81. The molecular weight excluding hydrogens is 304 g/mol. The SMILES string of the molecule is CC(Nc1cc(Br)ccc1[N+](=O)[O-])c1nn[nH]n1.